The fraction of sp³-hybridized carbons (Fsp3) is 0.833. The van der Waals surface area contributed by atoms with Crippen LogP contribution in [0, 0.1) is 5.92 Å². The molecule has 0 aromatic carbocycles. The Balaban J connectivity index is 2.50. The summed E-state index contributed by atoms with van der Waals surface area (Å²) in [6.45, 7) is 0. The standard InChI is InChI=1S/C6H11O4P/c7-6-3-1-2-5(6)4-11(8,9)10/h5H,1-4H2,(H2,8,9,10)/t5-/m0/s1. The van der Waals surface area contributed by atoms with Gasteiger partial charge in [0.2, 0.25) is 0 Å². The van der Waals surface area contributed by atoms with Gasteiger partial charge in [-0.1, -0.05) is 0 Å². The summed E-state index contributed by atoms with van der Waals surface area (Å²) in [5.41, 5.74) is 0. The maximum Gasteiger partial charge on any atom is 0.326 e. The average molecular weight is 178 g/mol. The van der Waals surface area contributed by atoms with Crippen molar-refractivity contribution in [3.63, 3.8) is 0 Å². The number of Topliss-reactive ketones (excluding diaryl/α,β-unsaturated/α-hetero) is 1. The summed E-state index contributed by atoms with van der Waals surface area (Å²) in [5.74, 6) is -0.371. The van der Waals surface area contributed by atoms with E-state index in [0.29, 0.717) is 12.8 Å². The Morgan fingerprint density at radius 2 is 2.18 bits per heavy atom. The Morgan fingerprint density at radius 1 is 1.55 bits per heavy atom. The summed E-state index contributed by atoms with van der Waals surface area (Å²) in [6.07, 6.45) is 1.66. The van der Waals surface area contributed by atoms with Gasteiger partial charge < -0.3 is 9.79 Å². The number of hydrogen-bond donors (Lipinski definition) is 2. The number of carbonyl (C=O) groups is 1. The molecule has 64 valence electrons. The van der Waals surface area contributed by atoms with Crippen molar-refractivity contribution in [3.8, 4) is 0 Å². The van der Waals surface area contributed by atoms with Gasteiger partial charge in [-0.05, 0) is 12.8 Å². The minimum atomic E-state index is -3.97. The van der Waals surface area contributed by atoms with Gasteiger partial charge in [0.15, 0.2) is 0 Å². The highest BCUT2D eigenvalue weighted by atomic mass is 31.2. The molecular formula is C6H11O4P. The van der Waals surface area contributed by atoms with E-state index in [1.165, 1.54) is 0 Å². The Kier molecular flexibility index (Phi) is 2.47. The lowest BCUT2D eigenvalue weighted by Crippen LogP contribution is -2.11. The summed E-state index contributed by atoms with van der Waals surface area (Å²) >= 11 is 0. The predicted molar refractivity (Wildman–Crippen MR) is 39.3 cm³/mol. The highest BCUT2D eigenvalue weighted by molar-refractivity contribution is 7.51. The predicted octanol–water partition coefficient (Wildman–Crippen LogP) is 0.533. The summed E-state index contributed by atoms with van der Waals surface area (Å²) in [4.78, 5) is 28.0. The number of hydrogen-bond acceptors (Lipinski definition) is 2. The molecule has 0 aromatic heterocycles. The molecule has 0 saturated heterocycles. The van der Waals surface area contributed by atoms with Crippen LogP contribution in [-0.4, -0.2) is 21.7 Å². The third-order valence-corrected chi connectivity index (χ3v) is 2.81. The van der Waals surface area contributed by atoms with Crippen molar-refractivity contribution in [2.24, 2.45) is 5.92 Å². The monoisotopic (exact) mass is 178 g/mol. The Hall–Kier alpha value is -0.180. The van der Waals surface area contributed by atoms with E-state index in [1.807, 2.05) is 0 Å². The van der Waals surface area contributed by atoms with Gasteiger partial charge in [0, 0.05) is 12.3 Å². The van der Waals surface area contributed by atoms with Crippen LogP contribution in [-0.2, 0) is 9.36 Å². The van der Waals surface area contributed by atoms with E-state index < -0.39 is 7.60 Å². The first-order chi connectivity index (χ1) is 4.99. The summed E-state index contributed by atoms with van der Waals surface area (Å²) < 4.78 is 10.5. The first-order valence-electron chi connectivity index (χ1n) is 3.56. The van der Waals surface area contributed by atoms with E-state index in [9.17, 15) is 9.36 Å². The van der Waals surface area contributed by atoms with Crippen molar-refractivity contribution in [2.75, 3.05) is 6.16 Å². The van der Waals surface area contributed by atoms with Gasteiger partial charge in [0.1, 0.15) is 5.78 Å². The highest BCUT2D eigenvalue weighted by Crippen LogP contribution is 2.40. The van der Waals surface area contributed by atoms with Crippen LogP contribution in [0.4, 0.5) is 0 Å². The molecule has 4 nitrogen and oxygen atoms in total. The fourth-order valence-corrected chi connectivity index (χ4v) is 2.33. The third kappa shape index (κ3) is 2.73. The van der Waals surface area contributed by atoms with Crippen molar-refractivity contribution in [3.05, 3.63) is 0 Å². The van der Waals surface area contributed by atoms with Gasteiger partial charge in [-0.2, -0.15) is 0 Å². The maximum absolute atomic E-state index is 10.9. The van der Waals surface area contributed by atoms with Crippen LogP contribution in [0.1, 0.15) is 19.3 Å². The smallest absolute Gasteiger partial charge is 0.324 e. The van der Waals surface area contributed by atoms with Gasteiger partial charge in [-0.25, -0.2) is 0 Å². The molecule has 1 rings (SSSR count). The van der Waals surface area contributed by atoms with Crippen molar-refractivity contribution < 1.29 is 19.1 Å². The Morgan fingerprint density at radius 3 is 2.55 bits per heavy atom. The molecule has 1 atom stereocenters. The van der Waals surface area contributed by atoms with Crippen LogP contribution >= 0.6 is 7.60 Å². The number of rotatable bonds is 2. The average Bonchev–Trinajstić information content (AvgIpc) is 2.12. The van der Waals surface area contributed by atoms with Crippen LogP contribution in [0.2, 0.25) is 0 Å². The normalized spacial score (nSPS) is 26.0. The Bertz CT molecular complexity index is 207. The van der Waals surface area contributed by atoms with Crippen LogP contribution in [0.25, 0.3) is 0 Å². The second kappa shape index (κ2) is 3.05. The molecule has 0 unspecified atom stereocenters. The van der Waals surface area contributed by atoms with Crippen LogP contribution in [0.3, 0.4) is 0 Å². The SMILES string of the molecule is O=C1CCC[C@H]1CP(=O)(O)O. The molecule has 1 saturated carbocycles. The van der Waals surface area contributed by atoms with Crippen LogP contribution in [0.5, 0.6) is 0 Å². The van der Waals surface area contributed by atoms with Gasteiger partial charge in [-0.15, -0.1) is 0 Å². The highest BCUT2D eigenvalue weighted by Gasteiger charge is 2.30. The van der Waals surface area contributed by atoms with Crippen LogP contribution < -0.4 is 0 Å². The zero-order valence-corrected chi connectivity index (χ0v) is 6.96. The topological polar surface area (TPSA) is 74.6 Å². The quantitative estimate of drug-likeness (QED) is 0.605. The zero-order valence-electron chi connectivity index (χ0n) is 6.06. The fourth-order valence-electron chi connectivity index (χ4n) is 1.37. The minimum absolute atomic E-state index is 0.00771. The van der Waals surface area contributed by atoms with E-state index in [-0.39, 0.29) is 17.9 Å². The summed E-state index contributed by atoms with van der Waals surface area (Å²) in [7, 11) is -3.97. The molecule has 2 N–H and O–H groups in total. The van der Waals surface area contributed by atoms with E-state index in [0.717, 1.165) is 6.42 Å². The zero-order chi connectivity index (χ0) is 8.48. The number of ketones is 1. The van der Waals surface area contributed by atoms with Crippen molar-refractivity contribution in [1.29, 1.82) is 0 Å². The van der Waals surface area contributed by atoms with E-state index in [1.54, 1.807) is 0 Å². The molecule has 11 heavy (non-hydrogen) atoms. The molecular weight excluding hydrogens is 167 g/mol. The third-order valence-electron chi connectivity index (χ3n) is 1.89. The van der Waals surface area contributed by atoms with Crippen molar-refractivity contribution >= 4 is 13.4 Å². The summed E-state index contributed by atoms with van der Waals surface area (Å²) in [5, 5.41) is 0. The van der Waals surface area contributed by atoms with E-state index in [2.05, 4.69) is 0 Å². The van der Waals surface area contributed by atoms with Gasteiger partial charge in [0.25, 0.3) is 0 Å². The molecule has 0 aliphatic heterocycles. The first kappa shape index (κ1) is 8.91. The van der Waals surface area contributed by atoms with Crippen LogP contribution in [0.15, 0.2) is 0 Å². The second-order valence-electron chi connectivity index (χ2n) is 2.90. The molecule has 0 radical (unpaired) electrons. The maximum atomic E-state index is 10.9. The molecule has 0 amide bonds. The molecule has 1 fully saturated rings. The molecule has 0 spiro atoms. The van der Waals surface area contributed by atoms with Gasteiger partial charge in [0.05, 0.1) is 6.16 Å². The lowest BCUT2D eigenvalue weighted by atomic mass is 10.1. The second-order valence-corrected chi connectivity index (χ2v) is 4.60. The van der Waals surface area contributed by atoms with Crippen molar-refractivity contribution in [2.45, 2.75) is 19.3 Å². The first-order valence-corrected chi connectivity index (χ1v) is 5.36. The molecule has 5 heteroatoms. The summed E-state index contributed by atoms with van der Waals surface area (Å²) in [6, 6.07) is 0. The lowest BCUT2D eigenvalue weighted by Gasteiger charge is -2.07. The number of carbonyl (C=O) groups excluding carboxylic acids is 1. The van der Waals surface area contributed by atoms with E-state index in [4.69, 9.17) is 9.79 Å². The minimum Gasteiger partial charge on any atom is -0.324 e. The molecule has 0 heterocycles. The Labute approximate surface area is 64.8 Å². The lowest BCUT2D eigenvalue weighted by molar-refractivity contribution is -0.120. The molecule has 0 bridgehead atoms. The molecule has 1 aliphatic carbocycles. The van der Waals surface area contributed by atoms with E-state index >= 15 is 0 Å². The molecule has 0 aromatic rings. The van der Waals surface area contributed by atoms with Gasteiger partial charge >= 0.3 is 7.60 Å². The molecule has 1 aliphatic rings. The largest absolute Gasteiger partial charge is 0.326 e. The van der Waals surface area contributed by atoms with Gasteiger partial charge in [-0.3, -0.25) is 9.36 Å². The van der Waals surface area contributed by atoms with Crippen molar-refractivity contribution in [1.82, 2.24) is 0 Å².